The molecule has 2 fully saturated rings. The van der Waals surface area contributed by atoms with Crippen LogP contribution < -0.4 is 5.32 Å². The van der Waals surface area contributed by atoms with Crippen LogP contribution in [-0.4, -0.2) is 61.3 Å². The van der Waals surface area contributed by atoms with Crippen LogP contribution in [0.25, 0.3) is 0 Å². The number of rotatable bonds is 3. The Morgan fingerprint density at radius 1 is 1.32 bits per heavy atom. The summed E-state index contributed by atoms with van der Waals surface area (Å²) in [7, 11) is 0. The maximum absolute atomic E-state index is 5.33. The number of piperazine rings is 1. The SMILES string of the molecule is CCC1CN(C2COC2)CCN1C1=CC=C(C)NC1. The van der Waals surface area contributed by atoms with Gasteiger partial charge in [-0.15, -0.1) is 0 Å². The predicted octanol–water partition coefficient (Wildman–Crippen LogP) is 1.17. The monoisotopic (exact) mass is 263 g/mol. The van der Waals surface area contributed by atoms with Crippen LogP contribution in [0.2, 0.25) is 0 Å². The van der Waals surface area contributed by atoms with Crippen LogP contribution in [0, 0.1) is 0 Å². The minimum absolute atomic E-state index is 0.647. The maximum Gasteiger partial charge on any atom is 0.0645 e. The van der Waals surface area contributed by atoms with Crippen LogP contribution in [0.3, 0.4) is 0 Å². The molecule has 0 aromatic carbocycles. The number of ether oxygens (including phenoxy) is 1. The second kappa shape index (κ2) is 5.55. The Balaban J connectivity index is 1.66. The molecule has 2 saturated heterocycles. The van der Waals surface area contributed by atoms with Crippen molar-refractivity contribution in [2.75, 3.05) is 39.4 Å². The summed E-state index contributed by atoms with van der Waals surface area (Å²) in [6, 6.07) is 1.33. The van der Waals surface area contributed by atoms with Gasteiger partial charge in [-0.25, -0.2) is 0 Å². The van der Waals surface area contributed by atoms with E-state index >= 15 is 0 Å². The van der Waals surface area contributed by atoms with Crippen molar-refractivity contribution in [2.45, 2.75) is 32.4 Å². The molecule has 0 saturated carbocycles. The van der Waals surface area contributed by atoms with Gasteiger partial charge in [0.25, 0.3) is 0 Å². The second-order valence-electron chi connectivity index (χ2n) is 5.80. The Morgan fingerprint density at radius 3 is 2.74 bits per heavy atom. The first-order valence-corrected chi connectivity index (χ1v) is 7.47. The minimum Gasteiger partial charge on any atom is -0.383 e. The van der Waals surface area contributed by atoms with Crippen LogP contribution in [0.4, 0.5) is 0 Å². The van der Waals surface area contributed by atoms with Gasteiger partial charge in [0.1, 0.15) is 0 Å². The highest BCUT2D eigenvalue weighted by molar-refractivity contribution is 5.23. The summed E-state index contributed by atoms with van der Waals surface area (Å²) in [6.07, 6.45) is 5.69. The molecule has 0 radical (unpaired) electrons. The van der Waals surface area contributed by atoms with Crippen molar-refractivity contribution in [1.82, 2.24) is 15.1 Å². The van der Waals surface area contributed by atoms with Crippen molar-refractivity contribution in [3.05, 3.63) is 23.5 Å². The van der Waals surface area contributed by atoms with Gasteiger partial charge in [0.15, 0.2) is 0 Å². The largest absolute Gasteiger partial charge is 0.383 e. The van der Waals surface area contributed by atoms with E-state index in [-0.39, 0.29) is 0 Å². The molecule has 1 N–H and O–H groups in total. The van der Waals surface area contributed by atoms with Crippen molar-refractivity contribution in [3.8, 4) is 0 Å². The fourth-order valence-corrected chi connectivity index (χ4v) is 3.14. The molecule has 3 heterocycles. The zero-order valence-corrected chi connectivity index (χ0v) is 12.1. The third kappa shape index (κ3) is 2.65. The molecule has 3 rings (SSSR count). The predicted molar refractivity (Wildman–Crippen MR) is 76.8 cm³/mol. The van der Waals surface area contributed by atoms with Crippen LogP contribution in [-0.2, 0) is 4.74 Å². The molecule has 4 heteroatoms. The van der Waals surface area contributed by atoms with E-state index in [2.05, 4.69) is 41.1 Å². The third-order valence-corrected chi connectivity index (χ3v) is 4.57. The Hall–Kier alpha value is -1.00. The van der Waals surface area contributed by atoms with Crippen LogP contribution in [0.5, 0.6) is 0 Å². The summed E-state index contributed by atoms with van der Waals surface area (Å²) in [5.41, 5.74) is 2.71. The summed E-state index contributed by atoms with van der Waals surface area (Å²) in [6.45, 7) is 10.8. The topological polar surface area (TPSA) is 27.7 Å². The Bertz CT molecular complexity index is 387. The Kier molecular flexibility index (Phi) is 3.80. The Labute approximate surface area is 116 Å². The van der Waals surface area contributed by atoms with Gasteiger partial charge in [0.05, 0.1) is 25.8 Å². The van der Waals surface area contributed by atoms with E-state index in [1.54, 1.807) is 0 Å². The Morgan fingerprint density at radius 2 is 2.16 bits per heavy atom. The lowest BCUT2D eigenvalue weighted by molar-refractivity contribution is -0.0832. The van der Waals surface area contributed by atoms with Gasteiger partial charge in [-0.3, -0.25) is 4.90 Å². The molecule has 4 nitrogen and oxygen atoms in total. The second-order valence-corrected chi connectivity index (χ2v) is 5.80. The lowest BCUT2D eigenvalue weighted by Gasteiger charge is -2.48. The highest BCUT2D eigenvalue weighted by Crippen LogP contribution is 2.23. The van der Waals surface area contributed by atoms with Gasteiger partial charge in [0.2, 0.25) is 0 Å². The molecule has 0 aromatic rings. The summed E-state index contributed by atoms with van der Waals surface area (Å²) < 4.78 is 5.33. The standard InChI is InChI=1S/C15H25N3O/c1-3-13-9-17(15-10-19-11-15)6-7-18(13)14-5-4-12(2)16-8-14/h4-5,13,15-16H,3,6-11H2,1-2H3. The number of allylic oxidation sites excluding steroid dienone is 3. The molecule has 0 amide bonds. The van der Waals surface area contributed by atoms with Crippen LogP contribution >= 0.6 is 0 Å². The van der Waals surface area contributed by atoms with Gasteiger partial charge < -0.3 is 15.0 Å². The first-order chi connectivity index (χ1) is 9.28. The zero-order chi connectivity index (χ0) is 13.2. The molecule has 0 aromatic heterocycles. The lowest BCUT2D eigenvalue weighted by Crippen LogP contribution is -2.60. The van der Waals surface area contributed by atoms with Gasteiger partial charge in [-0.1, -0.05) is 6.92 Å². The van der Waals surface area contributed by atoms with Gasteiger partial charge in [-0.2, -0.15) is 0 Å². The molecule has 0 aliphatic carbocycles. The molecule has 1 unspecified atom stereocenters. The van der Waals surface area contributed by atoms with Crippen molar-refractivity contribution >= 4 is 0 Å². The molecular formula is C15H25N3O. The van der Waals surface area contributed by atoms with E-state index in [1.807, 2.05) is 0 Å². The normalized spacial score (nSPS) is 29.4. The molecule has 0 bridgehead atoms. The number of hydrogen-bond acceptors (Lipinski definition) is 4. The number of hydrogen-bond donors (Lipinski definition) is 1. The van der Waals surface area contributed by atoms with E-state index in [0.29, 0.717) is 12.1 Å². The third-order valence-electron chi connectivity index (χ3n) is 4.57. The zero-order valence-electron chi connectivity index (χ0n) is 12.1. The molecule has 1 atom stereocenters. The number of nitrogens with one attached hydrogen (secondary N) is 1. The van der Waals surface area contributed by atoms with E-state index in [4.69, 9.17) is 4.74 Å². The molecular weight excluding hydrogens is 238 g/mol. The lowest BCUT2D eigenvalue weighted by atomic mass is 10.0. The molecule has 106 valence electrons. The molecule has 3 aliphatic heterocycles. The highest BCUT2D eigenvalue weighted by atomic mass is 16.5. The van der Waals surface area contributed by atoms with Crippen molar-refractivity contribution in [1.29, 1.82) is 0 Å². The first kappa shape index (κ1) is 13.0. The van der Waals surface area contributed by atoms with Crippen LogP contribution in [0.1, 0.15) is 20.3 Å². The average Bonchev–Trinajstić information content (AvgIpc) is 2.38. The van der Waals surface area contributed by atoms with E-state index in [0.717, 1.165) is 26.3 Å². The van der Waals surface area contributed by atoms with Crippen molar-refractivity contribution in [3.63, 3.8) is 0 Å². The molecule has 0 spiro atoms. The van der Waals surface area contributed by atoms with Crippen molar-refractivity contribution in [2.24, 2.45) is 0 Å². The van der Waals surface area contributed by atoms with E-state index in [1.165, 1.54) is 30.9 Å². The van der Waals surface area contributed by atoms with Gasteiger partial charge >= 0.3 is 0 Å². The minimum atomic E-state index is 0.647. The van der Waals surface area contributed by atoms with E-state index in [9.17, 15) is 0 Å². The van der Waals surface area contributed by atoms with Crippen LogP contribution in [0.15, 0.2) is 23.5 Å². The number of nitrogens with zero attached hydrogens (tertiary/aromatic N) is 2. The smallest absolute Gasteiger partial charge is 0.0645 e. The fraction of sp³-hybridized carbons (Fsp3) is 0.733. The molecule has 19 heavy (non-hydrogen) atoms. The quantitative estimate of drug-likeness (QED) is 0.827. The maximum atomic E-state index is 5.33. The van der Waals surface area contributed by atoms with E-state index < -0.39 is 0 Å². The molecule has 3 aliphatic rings. The summed E-state index contributed by atoms with van der Waals surface area (Å²) in [4.78, 5) is 5.22. The first-order valence-electron chi connectivity index (χ1n) is 7.47. The fourth-order valence-electron chi connectivity index (χ4n) is 3.14. The summed E-state index contributed by atoms with van der Waals surface area (Å²) in [5.74, 6) is 0. The average molecular weight is 263 g/mol. The van der Waals surface area contributed by atoms with Crippen molar-refractivity contribution < 1.29 is 4.74 Å². The number of dihydropyridines is 1. The van der Waals surface area contributed by atoms with Gasteiger partial charge in [0, 0.05) is 37.1 Å². The highest BCUT2D eigenvalue weighted by Gasteiger charge is 2.33. The summed E-state index contributed by atoms with van der Waals surface area (Å²) in [5, 5.41) is 3.45. The summed E-state index contributed by atoms with van der Waals surface area (Å²) >= 11 is 0. The van der Waals surface area contributed by atoms with Gasteiger partial charge in [-0.05, 0) is 25.5 Å².